The molecule has 0 saturated heterocycles. The van der Waals surface area contributed by atoms with Gasteiger partial charge in [0.05, 0.1) is 6.54 Å². The summed E-state index contributed by atoms with van der Waals surface area (Å²) in [6.07, 6.45) is 0. The summed E-state index contributed by atoms with van der Waals surface area (Å²) in [5.74, 6) is 0.799. The van der Waals surface area contributed by atoms with Crippen LogP contribution in [-0.2, 0) is 6.54 Å². The highest BCUT2D eigenvalue weighted by Gasteiger charge is 2.15. The van der Waals surface area contributed by atoms with Crippen molar-refractivity contribution in [2.45, 2.75) is 6.54 Å². The van der Waals surface area contributed by atoms with Gasteiger partial charge in [0.1, 0.15) is 5.69 Å². The van der Waals surface area contributed by atoms with E-state index in [9.17, 15) is 9.59 Å². The van der Waals surface area contributed by atoms with Gasteiger partial charge < -0.3 is 14.8 Å². The molecular weight excluding hydrogens is 334 g/mol. The number of carbonyl (C=O) groups is 1. The molecule has 1 N–H and O–H groups in total. The average molecular weight is 349 g/mol. The van der Waals surface area contributed by atoms with E-state index in [0.717, 1.165) is 5.56 Å². The van der Waals surface area contributed by atoms with Crippen LogP contribution in [0.15, 0.2) is 65.5 Å². The zero-order chi connectivity index (χ0) is 17.9. The lowest BCUT2D eigenvalue weighted by Crippen LogP contribution is -2.26. The smallest absolute Gasteiger partial charge is 0.276 e. The van der Waals surface area contributed by atoms with Crippen molar-refractivity contribution in [2.24, 2.45) is 0 Å². The highest BCUT2D eigenvalue weighted by atomic mass is 16.7. The molecule has 0 spiro atoms. The van der Waals surface area contributed by atoms with Crippen molar-refractivity contribution in [1.29, 1.82) is 0 Å². The molecule has 2 heterocycles. The molecule has 4 rings (SSSR count). The first-order valence-corrected chi connectivity index (χ1v) is 8.02. The molecule has 0 aliphatic carbocycles. The van der Waals surface area contributed by atoms with E-state index in [1.807, 2.05) is 30.3 Å². The second kappa shape index (κ2) is 6.72. The maximum absolute atomic E-state index is 12.5. The van der Waals surface area contributed by atoms with Crippen molar-refractivity contribution in [3.63, 3.8) is 0 Å². The summed E-state index contributed by atoms with van der Waals surface area (Å²) >= 11 is 0. The van der Waals surface area contributed by atoms with Gasteiger partial charge in [-0.15, -0.1) is 0 Å². The number of hydrogen-bond donors (Lipinski definition) is 1. The van der Waals surface area contributed by atoms with Crippen LogP contribution in [0.3, 0.4) is 0 Å². The Morgan fingerprint density at radius 2 is 1.85 bits per heavy atom. The number of hydrogen-bond acceptors (Lipinski definition) is 5. The number of rotatable bonds is 4. The second-order valence-electron chi connectivity index (χ2n) is 5.72. The van der Waals surface area contributed by atoms with Crippen LogP contribution < -0.4 is 20.3 Å². The van der Waals surface area contributed by atoms with Gasteiger partial charge >= 0.3 is 0 Å². The molecule has 3 aromatic rings. The molecule has 0 bridgehead atoms. The molecule has 0 radical (unpaired) electrons. The Bertz CT molecular complexity index is 1010. The maximum atomic E-state index is 12.5. The number of fused-ring (bicyclic) bond motifs is 1. The summed E-state index contributed by atoms with van der Waals surface area (Å²) in [6, 6.07) is 17.3. The molecule has 0 unspecified atom stereocenters. The number of benzene rings is 2. The number of carbonyl (C=O) groups excluding carboxylic acids is 1. The Morgan fingerprint density at radius 3 is 2.69 bits per heavy atom. The number of amides is 1. The minimum Gasteiger partial charge on any atom is -0.454 e. The van der Waals surface area contributed by atoms with Gasteiger partial charge in [-0.3, -0.25) is 9.59 Å². The van der Waals surface area contributed by atoms with Crippen molar-refractivity contribution < 1.29 is 14.3 Å². The standard InChI is InChI=1S/C19H15N3O4/c23-18-9-7-15(21-22(18)11-13-4-2-1-3-5-13)19(24)20-14-6-8-16-17(10-14)26-12-25-16/h1-10H,11-12H2,(H,20,24). The fourth-order valence-corrected chi connectivity index (χ4v) is 2.61. The first-order chi connectivity index (χ1) is 12.7. The lowest BCUT2D eigenvalue weighted by Gasteiger charge is -2.08. The molecular formula is C19H15N3O4. The van der Waals surface area contributed by atoms with E-state index < -0.39 is 5.91 Å². The van der Waals surface area contributed by atoms with Crippen molar-refractivity contribution in [3.8, 4) is 11.5 Å². The molecule has 7 heteroatoms. The normalized spacial score (nSPS) is 12.0. The van der Waals surface area contributed by atoms with Crippen LogP contribution in [0.2, 0.25) is 0 Å². The third-order valence-electron chi connectivity index (χ3n) is 3.90. The van der Waals surface area contributed by atoms with Crippen molar-refractivity contribution in [1.82, 2.24) is 9.78 Å². The summed E-state index contributed by atoms with van der Waals surface area (Å²) in [6.45, 7) is 0.462. The molecule has 130 valence electrons. The van der Waals surface area contributed by atoms with Gasteiger partial charge in [-0.1, -0.05) is 30.3 Å². The number of ether oxygens (including phenoxy) is 2. The van der Waals surface area contributed by atoms with E-state index >= 15 is 0 Å². The average Bonchev–Trinajstić information content (AvgIpc) is 3.12. The lowest BCUT2D eigenvalue weighted by atomic mass is 10.2. The van der Waals surface area contributed by atoms with Crippen LogP contribution in [0.5, 0.6) is 11.5 Å². The van der Waals surface area contributed by atoms with Crippen LogP contribution in [-0.4, -0.2) is 22.5 Å². The number of anilines is 1. The number of nitrogens with one attached hydrogen (secondary N) is 1. The van der Waals surface area contributed by atoms with E-state index in [1.165, 1.54) is 16.8 Å². The minimum absolute atomic E-state index is 0.151. The van der Waals surface area contributed by atoms with Crippen LogP contribution >= 0.6 is 0 Å². The lowest BCUT2D eigenvalue weighted by molar-refractivity contribution is 0.102. The Labute approximate surface area is 148 Å². The monoisotopic (exact) mass is 349 g/mol. The van der Waals surface area contributed by atoms with E-state index in [0.29, 0.717) is 23.7 Å². The molecule has 26 heavy (non-hydrogen) atoms. The predicted octanol–water partition coefficient (Wildman–Crippen LogP) is 2.27. The first kappa shape index (κ1) is 15.9. The first-order valence-electron chi connectivity index (χ1n) is 8.02. The Morgan fingerprint density at radius 1 is 1.04 bits per heavy atom. The largest absolute Gasteiger partial charge is 0.454 e. The van der Waals surface area contributed by atoms with Gasteiger partial charge in [0.15, 0.2) is 11.5 Å². The molecule has 2 aromatic carbocycles. The molecule has 1 aromatic heterocycles. The Kier molecular flexibility index (Phi) is 4.10. The van der Waals surface area contributed by atoms with Gasteiger partial charge in [-0.25, -0.2) is 4.68 Å². The van der Waals surface area contributed by atoms with E-state index in [1.54, 1.807) is 18.2 Å². The highest BCUT2D eigenvalue weighted by molar-refractivity contribution is 6.02. The summed E-state index contributed by atoms with van der Waals surface area (Å²) in [4.78, 5) is 24.5. The van der Waals surface area contributed by atoms with Gasteiger partial charge in [0.2, 0.25) is 6.79 Å². The molecule has 0 atom stereocenters. The third-order valence-corrected chi connectivity index (χ3v) is 3.90. The van der Waals surface area contributed by atoms with Gasteiger partial charge in [0, 0.05) is 17.8 Å². The van der Waals surface area contributed by atoms with E-state index in [4.69, 9.17) is 9.47 Å². The molecule has 1 aliphatic heterocycles. The molecule has 0 saturated carbocycles. The van der Waals surface area contributed by atoms with Crippen LogP contribution in [0.25, 0.3) is 0 Å². The second-order valence-corrected chi connectivity index (χ2v) is 5.72. The summed E-state index contributed by atoms with van der Waals surface area (Å²) < 4.78 is 11.8. The number of nitrogens with zero attached hydrogens (tertiary/aromatic N) is 2. The molecule has 1 aliphatic rings. The van der Waals surface area contributed by atoms with Crippen molar-refractivity contribution >= 4 is 11.6 Å². The summed E-state index contributed by atoms with van der Waals surface area (Å²) in [5.41, 5.74) is 1.36. The van der Waals surface area contributed by atoms with Crippen LogP contribution in [0.4, 0.5) is 5.69 Å². The third kappa shape index (κ3) is 3.27. The van der Waals surface area contributed by atoms with Crippen LogP contribution in [0.1, 0.15) is 16.1 Å². The van der Waals surface area contributed by atoms with Gasteiger partial charge in [-0.2, -0.15) is 5.10 Å². The molecule has 7 nitrogen and oxygen atoms in total. The van der Waals surface area contributed by atoms with Crippen molar-refractivity contribution in [2.75, 3.05) is 12.1 Å². The Balaban J connectivity index is 1.54. The topological polar surface area (TPSA) is 82.5 Å². The summed E-state index contributed by atoms with van der Waals surface area (Å²) in [5, 5.41) is 6.92. The zero-order valence-electron chi connectivity index (χ0n) is 13.7. The predicted molar refractivity (Wildman–Crippen MR) is 94.6 cm³/mol. The molecule has 1 amide bonds. The quantitative estimate of drug-likeness (QED) is 0.781. The van der Waals surface area contributed by atoms with E-state index in [-0.39, 0.29) is 18.0 Å². The number of aromatic nitrogens is 2. The highest BCUT2D eigenvalue weighted by Crippen LogP contribution is 2.34. The SMILES string of the molecule is O=C(Nc1ccc2c(c1)OCO2)c1ccc(=O)n(Cc2ccccc2)n1. The van der Waals surface area contributed by atoms with Crippen LogP contribution in [0, 0.1) is 0 Å². The van der Waals surface area contributed by atoms with Gasteiger partial charge in [0.25, 0.3) is 11.5 Å². The maximum Gasteiger partial charge on any atom is 0.276 e. The fourth-order valence-electron chi connectivity index (χ4n) is 2.61. The van der Waals surface area contributed by atoms with Crippen molar-refractivity contribution in [3.05, 3.63) is 82.3 Å². The zero-order valence-corrected chi connectivity index (χ0v) is 13.7. The minimum atomic E-state index is -0.411. The summed E-state index contributed by atoms with van der Waals surface area (Å²) in [7, 11) is 0. The Hall–Kier alpha value is -3.61. The fraction of sp³-hybridized carbons (Fsp3) is 0.105. The molecule has 0 fully saturated rings. The van der Waals surface area contributed by atoms with Gasteiger partial charge in [-0.05, 0) is 23.8 Å². The van der Waals surface area contributed by atoms with E-state index in [2.05, 4.69) is 10.4 Å².